The van der Waals surface area contributed by atoms with E-state index in [1.54, 1.807) is 0 Å². The first-order chi connectivity index (χ1) is 11.7. The van der Waals surface area contributed by atoms with Gasteiger partial charge < -0.3 is 10.2 Å². The van der Waals surface area contributed by atoms with Gasteiger partial charge in [0.1, 0.15) is 0 Å². The molecule has 0 radical (unpaired) electrons. The summed E-state index contributed by atoms with van der Waals surface area (Å²) >= 11 is 4.92. The minimum atomic E-state index is 0.0193. The number of anilines is 1. The molecule has 1 aromatic carbocycles. The van der Waals surface area contributed by atoms with Gasteiger partial charge in [-0.25, -0.2) is 0 Å². The van der Waals surface area contributed by atoms with E-state index in [0.29, 0.717) is 0 Å². The van der Waals surface area contributed by atoms with Crippen molar-refractivity contribution in [3.05, 3.63) is 51.1 Å². The van der Waals surface area contributed by atoms with Gasteiger partial charge in [0.05, 0.1) is 9.35 Å². The van der Waals surface area contributed by atoms with Crippen LogP contribution in [-0.4, -0.2) is 50.1 Å². The van der Waals surface area contributed by atoms with Gasteiger partial charge in [0.15, 0.2) is 0 Å². The normalized spacial score (nSPS) is 15.5. The summed E-state index contributed by atoms with van der Waals surface area (Å²) in [7, 11) is 0. The van der Waals surface area contributed by atoms with Gasteiger partial charge in [0.2, 0.25) is 0 Å². The van der Waals surface area contributed by atoms with Gasteiger partial charge in [0, 0.05) is 43.8 Å². The summed E-state index contributed by atoms with van der Waals surface area (Å²) in [5.74, 6) is 0.0193. The zero-order chi connectivity index (χ0) is 16.8. The van der Waals surface area contributed by atoms with Crippen LogP contribution in [0.5, 0.6) is 0 Å². The van der Waals surface area contributed by atoms with Crippen LogP contribution >= 0.6 is 27.3 Å². The van der Waals surface area contributed by atoms with Crippen molar-refractivity contribution in [2.24, 2.45) is 0 Å². The minimum absolute atomic E-state index is 0.0193. The molecule has 2 aromatic rings. The van der Waals surface area contributed by atoms with Crippen LogP contribution in [0.4, 0.5) is 5.69 Å². The van der Waals surface area contributed by atoms with Gasteiger partial charge in [-0.05, 0) is 47.1 Å². The van der Waals surface area contributed by atoms with Crippen LogP contribution in [0.1, 0.15) is 16.8 Å². The maximum absolute atomic E-state index is 12.0. The number of carbonyl (C=O) groups excluding carboxylic acids is 1. The summed E-state index contributed by atoms with van der Waals surface area (Å²) in [5.41, 5.74) is 2.05. The van der Waals surface area contributed by atoms with E-state index in [1.807, 2.05) is 11.4 Å². The first-order valence-electron chi connectivity index (χ1n) is 8.27. The lowest BCUT2D eigenvalue weighted by atomic mass is 10.2. The van der Waals surface area contributed by atoms with Crippen molar-refractivity contribution in [2.45, 2.75) is 6.42 Å². The summed E-state index contributed by atoms with van der Waals surface area (Å²) in [4.78, 5) is 16.9. The molecule has 1 saturated heterocycles. The molecule has 1 aromatic heterocycles. The predicted octanol–water partition coefficient (Wildman–Crippen LogP) is 3.45. The van der Waals surface area contributed by atoms with Crippen molar-refractivity contribution in [3.8, 4) is 0 Å². The SMILES string of the molecule is O=C(NCCCN1CCN(c2ccccc2)CC1)c1csc(Br)c1. The Morgan fingerprint density at radius 2 is 1.92 bits per heavy atom. The maximum Gasteiger partial charge on any atom is 0.252 e. The molecule has 1 aliphatic heterocycles. The molecule has 1 fully saturated rings. The van der Waals surface area contributed by atoms with Crippen LogP contribution < -0.4 is 10.2 Å². The van der Waals surface area contributed by atoms with E-state index in [9.17, 15) is 4.79 Å². The highest BCUT2D eigenvalue weighted by Gasteiger charge is 2.16. The number of benzene rings is 1. The number of piperazine rings is 1. The summed E-state index contributed by atoms with van der Waals surface area (Å²) in [6.07, 6.45) is 0.988. The number of thiophene rings is 1. The average molecular weight is 408 g/mol. The molecule has 1 amide bonds. The van der Waals surface area contributed by atoms with Gasteiger partial charge in [-0.3, -0.25) is 9.69 Å². The van der Waals surface area contributed by atoms with Crippen molar-refractivity contribution < 1.29 is 4.79 Å². The fourth-order valence-electron chi connectivity index (χ4n) is 2.90. The molecule has 2 heterocycles. The van der Waals surface area contributed by atoms with Crippen molar-refractivity contribution in [3.63, 3.8) is 0 Å². The van der Waals surface area contributed by atoms with Gasteiger partial charge in [-0.2, -0.15) is 0 Å². The fraction of sp³-hybridized carbons (Fsp3) is 0.389. The molecule has 3 rings (SSSR count). The topological polar surface area (TPSA) is 35.6 Å². The van der Waals surface area contributed by atoms with Gasteiger partial charge in [-0.15, -0.1) is 11.3 Å². The molecule has 0 atom stereocenters. The Balaban J connectivity index is 1.33. The van der Waals surface area contributed by atoms with E-state index in [4.69, 9.17) is 0 Å². The summed E-state index contributed by atoms with van der Waals surface area (Å²) in [6.45, 7) is 6.07. The highest BCUT2D eigenvalue weighted by Crippen LogP contribution is 2.20. The molecular weight excluding hydrogens is 386 g/mol. The number of nitrogens with zero attached hydrogens (tertiary/aromatic N) is 2. The van der Waals surface area contributed by atoms with Crippen molar-refractivity contribution >= 4 is 38.9 Å². The minimum Gasteiger partial charge on any atom is -0.369 e. The Morgan fingerprint density at radius 3 is 2.58 bits per heavy atom. The molecule has 0 aliphatic carbocycles. The van der Waals surface area contributed by atoms with Crippen molar-refractivity contribution in [2.75, 3.05) is 44.2 Å². The largest absolute Gasteiger partial charge is 0.369 e. The Bertz CT molecular complexity index is 653. The zero-order valence-corrected chi connectivity index (χ0v) is 16.0. The third-order valence-electron chi connectivity index (χ3n) is 4.26. The van der Waals surface area contributed by atoms with E-state index in [1.165, 1.54) is 17.0 Å². The van der Waals surface area contributed by atoms with Crippen LogP contribution in [-0.2, 0) is 0 Å². The van der Waals surface area contributed by atoms with E-state index in [-0.39, 0.29) is 5.91 Å². The number of amides is 1. The van der Waals surface area contributed by atoms with Crippen LogP contribution in [0.2, 0.25) is 0 Å². The number of para-hydroxylation sites is 1. The van der Waals surface area contributed by atoms with E-state index in [0.717, 1.165) is 55.0 Å². The van der Waals surface area contributed by atoms with Gasteiger partial charge >= 0.3 is 0 Å². The quantitative estimate of drug-likeness (QED) is 0.744. The molecule has 0 spiro atoms. The van der Waals surface area contributed by atoms with E-state index in [2.05, 4.69) is 61.4 Å². The third kappa shape index (κ3) is 4.82. The smallest absolute Gasteiger partial charge is 0.252 e. The molecule has 0 saturated carbocycles. The summed E-state index contributed by atoms with van der Waals surface area (Å²) < 4.78 is 0.990. The second-order valence-corrected chi connectivity index (χ2v) is 8.20. The third-order valence-corrected chi connectivity index (χ3v) is 5.76. The number of nitrogens with one attached hydrogen (secondary N) is 1. The Kier molecular flexibility index (Phi) is 6.29. The molecule has 24 heavy (non-hydrogen) atoms. The van der Waals surface area contributed by atoms with Crippen LogP contribution in [0.3, 0.4) is 0 Å². The van der Waals surface area contributed by atoms with Crippen molar-refractivity contribution in [1.82, 2.24) is 10.2 Å². The lowest BCUT2D eigenvalue weighted by Crippen LogP contribution is -2.47. The van der Waals surface area contributed by atoms with Crippen LogP contribution in [0.15, 0.2) is 45.6 Å². The molecule has 0 unspecified atom stereocenters. The Hall–Kier alpha value is -1.37. The van der Waals surface area contributed by atoms with Crippen molar-refractivity contribution in [1.29, 1.82) is 0 Å². The fourth-order valence-corrected chi connectivity index (χ4v) is 4.04. The Morgan fingerprint density at radius 1 is 1.17 bits per heavy atom. The molecule has 128 valence electrons. The number of carbonyl (C=O) groups is 1. The monoisotopic (exact) mass is 407 g/mol. The van der Waals surface area contributed by atoms with Crippen LogP contribution in [0, 0.1) is 0 Å². The van der Waals surface area contributed by atoms with E-state index >= 15 is 0 Å². The highest BCUT2D eigenvalue weighted by molar-refractivity contribution is 9.11. The lowest BCUT2D eigenvalue weighted by Gasteiger charge is -2.36. The van der Waals surface area contributed by atoms with Crippen LogP contribution in [0.25, 0.3) is 0 Å². The zero-order valence-electron chi connectivity index (χ0n) is 13.6. The lowest BCUT2D eigenvalue weighted by molar-refractivity contribution is 0.0952. The summed E-state index contributed by atoms with van der Waals surface area (Å²) in [6, 6.07) is 12.5. The number of hydrogen-bond acceptors (Lipinski definition) is 4. The van der Waals surface area contributed by atoms with E-state index < -0.39 is 0 Å². The number of hydrogen-bond donors (Lipinski definition) is 1. The van der Waals surface area contributed by atoms with Gasteiger partial charge in [-0.1, -0.05) is 18.2 Å². The maximum atomic E-state index is 12.0. The molecule has 6 heteroatoms. The number of halogens is 1. The first-order valence-corrected chi connectivity index (χ1v) is 9.94. The molecule has 1 N–H and O–H groups in total. The molecule has 4 nitrogen and oxygen atoms in total. The Labute approximate surface area is 155 Å². The molecule has 0 bridgehead atoms. The molecule has 1 aliphatic rings. The van der Waals surface area contributed by atoms with Gasteiger partial charge in [0.25, 0.3) is 5.91 Å². The first kappa shape index (κ1) is 17.5. The second-order valence-electron chi connectivity index (χ2n) is 5.91. The second kappa shape index (κ2) is 8.65. The summed E-state index contributed by atoms with van der Waals surface area (Å²) in [5, 5.41) is 4.87. The standard InChI is InChI=1S/C18H22BrN3OS/c19-17-13-15(14-24-17)18(23)20-7-4-8-21-9-11-22(12-10-21)16-5-2-1-3-6-16/h1-3,5-6,13-14H,4,7-12H2,(H,20,23). The number of rotatable bonds is 6. The average Bonchev–Trinajstić information content (AvgIpc) is 3.06. The molecular formula is C18H22BrN3OS. The predicted molar refractivity (Wildman–Crippen MR) is 104 cm³/mol. The highest BCUT2D eigenvalue weighted by atomic mass is 79.9.